The van der Waals surface area contributed by atoms with E-state index >= 15 is 0 Å². The highest BCUT2D eigenvalue weighted by Crippen LogP contribution is 2.26. The van der Waals surface area contributed by atoms with Gasteiger partial charge in [0.05, 0.1) is 17.8 Å². The quantitative estimate of drug-likeness (QED) is 0.343. The normalized spacial score (nSPS) is 16.2. The van der Waals surface area contributed by atoms with E-state index in [1.54, 1.807) is 24.3 Å². The molecule has 3 aromatic heterocycles. The van der Waals surface area contributed by atoms with E-state index in [-0.39, 0.29) is 36.1 Å². The van der Waals surface area contributed by atoms with Crippen molar-refractivity contribution < 1.29 is 14.0 Å². The molecule has 0 fully saturated rings. The summed E-state index contributed by atoms with van der Waals surface area (Å²) < 4.78 is 5.70. The number of amides is 2. The molecular weight excluding hydrogens is 476 g/mol. The van der Waals surface area contributed by atoms with Gasteiger partial charge in [0.25, 0.3) is 11.8 Å². The third-order valence-electron chi connectivity index (χ3n) is 6.64. The molecule has 2 aliphatic rings. The molecule has 37 heavy (non-hydrogen) atoms. The Bertz CT molecular complexity index is 1460. The molecule has 0 bridgehead atoms. The van der Waals surface area contributed by atoms with E-state index in [9.17, 15) is 9.59 Å². The molecule has 0 radical (unpaired) electrons. The molecule has 0 saturated heterocycles. The number of anilines is 1. The van der Waals surface area contributed by atoms with Crippen molar-refractivity contribution in [2.24, 2.45) is 0 Å². The average molecular weight is 501 g/mol. The van der Waals surface area contributed by atoms with Crippen molar-refractivity contribution in [1.82, 2.24) is 45.8 Å². The van der Waals surface area contributed by atoms with E-state index in [1.807, 2.05) is 18.2 Å². The summed E-state index contributed by atoms with van der Waals surface area (Å²) in [7, 11) is 1.62. The van der Waals surface area contributed by atoms with Gasteiger partial charge < -0.3 is 20.0 Å². The van der Waals surface area contributed by atoms with E-state index in [1.165, 1.54) is 5.56 Å². The molecule has 6 rings (SSSR count). The summed E-state index contributed by atoms with van der Waals surface area (Å²) in [6.45, 7) is 0.984. The Balaban J connectivity index is 1.05. The van der Waals surface area contributed by atoms with Gasteiger partial charge in [0.15, 0.2) is 0 Å². The summed E-state index contributed by atoms with van der Waals surface area (Å²) in [5.74, 6) is 0.762. The number of nitrogens with zero attached hydrogens (tertiary/aromatic N) is 7. The van der Waals surface area contributed by atoms with Crippen LogP contribution in [0.3, 0.4) is 0 Å². The van der Waals surface area contributed by atoms with Crippen LogP contribution in [0.15, 0.2) is 35.0 Å². The van der Waals surface area contributed by atoms with E-state index in [4.69, 9.17) is 4.42 Å². The SMILES string of the molecule is CNC(=O)c1ccc2c(c1)CC(Nc1ncc(-c3nnc(CC(=O)N4CCc5n[nH]nc5C4)o3)cn1)C2. The Morgan fingerprint density at radius 3 is 2.76 bits per heavy atom. The first-order valence-corrected chi connectivity index (χ1v) is 12.0. The lowest BCUT2D eigenvalue weighted by Gasteiger charge is -2.24. The van der Waals surface area contributed by atoms with Gasteiger partial charge in [-0.05, 0) is 36.1 Å². The van der Waals surface area contributed by atoms with E-state index in [0.717, 1.165) is 29.8 Å². The molecule has 1 aliphatic carbocycles. The maximum absolute atomic E-state index is 12.7. The van der Waals surface area contributed by atoms with Gasteiger partial charge >= 0.3 is 0 Å². The molecule has 4 aromatic rings. The number of hydrogen-bond donors (Lipinski definition) is 3. The molecule has 13 nitrogen and oxygen atoms in total. The van der Waals surface area contributed by atoms with Gasteiger partial charge in [-0.15, -0.1) is 10.2 Å². The average Bonchev–Trinajstić information content (AvgIpc) is 3.67. The van der Waals surface area contributed by atoms with Crippen LogP contribution in [0, 0.1) is 0 Å². The highest BCUT2D eigenvalue weighted by Gasteiger charge is 2.26. The highest BCUT2D eigenvalue weighted by molar-refractivity contribution is 5.94. The van der Waals surface area contributed by atoms with Crippen LogP contribution < -0.4 is 10.6 Å². The van der Waals surface area contributed by atoms with Gasteiger partial charge in [-0.25, -0.2) is 9.97 Å². The first kappa shape index (κ1) is 22.8. The number of hydrogen-bond acceptors (Lipinski definition) is 10. The zero-order valence-electron chi connectivity index (χ0n) is 20.1. The summed E-state index contributed by atoms with van der Waals surface area (Å²) in [5, 5.41) is 24.8. The largest absolute Gasteiger partial charge is 0.420 e. The number of fused-ring (bicyclic) bond motifs is 2. The number of H-pyrrole nitrogens is 1. The van der Waals surface area contributed by atoms with Crippen molar-refractivity contribution in [3.05, 3.63) is 64.6 Å². The fourth-order valence-corrected chi connectivity index (χ4v) is 4.70. The van der Waals surface area contributed by atoms with Gasteiger partial charge in [0, 0.05) is 44.0 Å². The molecule has 13 heteroatoms. The van der Waals surface area contributed by atoms with E-state index < -0.39 is 0 Å². The van der Waals surface area contributed by atoms with E-state index in [0.29, 0.717) is 36.6 Å². The zero-order chi connectivity index (χ0) is 25.4. The fourth-order valence-electron chi connectivity index (χ4n) is 4.70. The Morgan fingerprint density at radius 2 is 1.92 bits per heavy atom. The minimum absolute atomic E-state index is 0.00451. The molecule has 3 N–H and O–H groups in total. The van der Waals surface area contributed by atoms with Gasteiger partial charge in [-0.1, -0.05) is 6.07 Å². The lowest BCUT2D eigenvalue weighted by molar-refractivity contribution is -0.131. The van der Waals surface area contributed by atoms with Crippen LogP contribution in [0.25, 0.3) is 11.5 Å². The highest BCUT2D eigenvalue weighted by atomic mass is 16.4. The summed E-state index contributed by atoms with van der Waals surface area (Å²) in [4.78, 5) is 35.1. The Kier molecular flexibility index (Phi) is 5.79. The Morgan fingerprint density at radius 1 is 1.11 bits per heavy atom. The number of aromatic amines is 1. The minimum Gasteiger partial charge on any atom is -0.420 e. The second-order valence-electron chi connectivity index (χ2n) is 9.07. The number of carbonyl (C=O) groups excluding carboxylic acids is 2. The van der Waals surface area contributed by atoms with Crippen molar-refractivity contribution in [2.45, 2.75) is 38.3 Å². The van der Waals surface area contributed by atoms with Crippen molar-refractivity contribution in [2.75, 3.05) is 18.9 Å². The molecule has 1 unspecified atom stereocenters. The second-order valence-corrected chi connectivity index (χ2v) is 9.07. The summed E-state index contributed by atoms with van der Waals surface area (Å²) in [6, 6.07) is 5.91. The maximum Gasteiger partial charge on any atom is 0.251 e. The standard InChI is InChI=1S/C24H24N10O3/c1-25-22(36)14-3-2-13-7-17(8-15(13)6-14)28-24-26-10-16(11-27-24)23-32-31-20(37-23)9-21(35)34-5-4-18-19(12-34)30-33-29-18/h2-3,6,10-11,17H,4-5,7-9,12H2,1H3,(H,25,36)(H,26,27,28)(H,29,30,33). The molecule has 188 valence electrons. The number of aromatic nitrogens is 7. The van der Waals surface area contributed by atoms with Crippen molar-refractivity contribution in [3.8, 4) is 11.5 Å². The van der Waals surface area contributed by atoms with Crippen LogP contribution >= 0.6 is 0 Å². The lowest BCUT2D eigenvalue weighted by atomic mass is 10.1. The van der Waals surface area contributed by atoms with Crippen LogP contribution in [0.5, 0.6) is 0 Å². The minimum atomic E-state index is -0.111. The Labute approximate surface area is 211 Å². The van der Waals surface area contributed by atoms with Crippen LogP contribution in [0.2, 0.25) is 0 Å². The molecule has 1 aliphatic heterocycles. The monoisotopic (exact) mass is 500 g/mol. The predicted octanol–water partition coefficient (Wildman–Crippen LogP) is 0.711. The summed E-state index contributed by atoms with van der Waals surface area (Å²) in [5.41, 5.74) is 5.26. The number of rotatable bonds is 6. The van der Waals surface area contributed by atoms with Crippen LogP contribution in [-0.4, -0.2) is 71.9 Å². The molecule has 0 spiro atoms. The first-order valence-electron chi connectivity index (χ1n) is 12.0. The lowest BCUT2D eigenvalue weighted by Crippen LogP contribution is -2.37. The topological polar surface area (TPSA) is 168 Å². The molecule has 0 saturated carbocycles. The van der Waals surface area contributed by atoms with Gasteiger partial charge in [0.1, 0.15) is 12.1 Å². The molecule has 4 heterocycles. The van der Waals surface area contributed by atoms with Gasteiger partial charge in [0.2, 0.25) is 17.7 Å². The zero-order valence-corrected chi connectivity index (χ0v) is 20.1. The predicted molar refractivity (Wildman–Crippen MR) is 129 cm³/mol. The summed E-state index contributed by atoms with van der Waals surface area (Å²) >= 11 is 0. The van der Waals surface area contributed by atoms with Crippen molar-refractivity contribution in [1.29, 1.82) is 0 Å². The Hall–Kier alpha value is -4.68. The molecular formula is C24H24N10O3. The second kappa shape index (κ2) is 9.41. The third kappa shape index (κ3) is 4.62. The van der Waals surface area contributed by atoms with Crippen molar-refractivity contribution in [3.63, 3.8) is 0 Å². The smallest absolute Gasteiger partial charge is 0.251 e. The number of nitrogens with one attached hydrogen (secondary N) is 3. The first-order chi connectivity index (χ1) is 18.1. The fraction of sp³-hybridized carbons (Fsp3) is 0.333. The van der Waals surface area contributed by atoms with E-state index in [2.05, 4.69) is 46.2 Å². The maximum atomic E-state index is 12.7. The number of carbonyl (C=O) groups is 2. The van der Waals surface area contributed by atoms with Gasteiger partial charge in [-0.3, -0.25) is 9.59 Å². The van der Waals surface area contributed by atoms with Crippen LogP contribution in [0.4, 0.5) is 5.95 Å². The van der Waals surface area contributed by atoms with Gasteiger partial charge in [-0.2, -0.15) is 15.4 Å². The number of benzene rings is 1. The summed E-state index contributed by atoms with van der Waals surface area (Å²) in [6.07, 6.45) is 5.48. The van der Waals surface area contributed by atoms with Crippen LogP contribution in [0.1, 0.15) is 38.8 Å². The third-order valence-corrected chi connectivity index (χ3v) is 6.64. The van der Waals surface area contributed by atoms with Crippen LogP contribution in [-0.2, 0) is 37.0 Å². The molecule has 1 aromatic carbocycles. The molecule has 1 atom stereocenters. The molecule has 2 amide bonds. The van der Waals surface area contributed by atoms with Crippen molar-refractivity contribution >= 4 is 17.8 Å².